The van der Waals surface area contributed by atoms with Crippen LogP contribution in [0.5, 0.6) is 11.5 Å². The van der Waals surface area contributed by atoms with Crippen LogP contribution in [0.25, 0.3) is 17.0 Å². The zero-order valence-corrected chi connectivity index (χ0v) is 17.6. The third-order valence-electron chi connectivity index (χ3n) is 6.49. The molecule has 0 amide bonds. The maximum Gasteiger partial charge on any atom is 0.171 e. The van der Waals surface area contributed by atoms with Crippen LogP contribution in [0, 0.1) is 11.7 Å². The van der Waals surface area contributed by atoms with Gasteiger partial charge in [-0.15, -0.1) is 0 Å². The molecule has 5 nitrogen and oxygen atoms in total. The zero-order valence-electron chi connectivity index (χ0n) is 17.6. The van der Waals surface area contributed by atoms with Gasteiger partial charge in [-0.1, -0.05) is 12.2 Å². The van der Waals surface area contributed by atoms with Gasteiger partial charge in [0.25, 0.3) is 0 Å². The fraction of sp³-hybridized carbons (Fsp3) is 0.360. The summed E-state index contributed by atoms with van der Waals surface area (Å²) in [6, 6.07) is 11.4. The van der Waals surface area contributed by atoms with Crippen molar-refractivity contribution < 1.29 is 13.9 Å². The number of likely N-dealkylation sites (tertiary alicyclic amines) is 1. The second-order valence-electron chi connectivity index (χ2n) is 8.95. The number of halogens is 1. The Morgan fingerprint density at radius 1 is 1.13 bits per heavy atom. The Kier molecular flexibility index (Phi) is 4.42. The van der Waals surface area contributed by atoms with Gasteiger partial charge in [0.1, 0.15) is 18.5 Å². The molecule has 1 N–H and O–H groups in total. The fourth-order valence-corrected chi connectivity index (χ4v) is 4.94. The van der Waals surface area contributed by atoms with Gasteiger partial charge >= 0.3 is 0 Å². The van der Waals surface area contributed by atoms with Crippen molar-refractivity contribution >= 4 is 22.7 Å². The Bertz CT molecular complexity index is 1170. The molecule has 31 heavy (non-hydrogen) atoms. The minimum Gasteiger partial charge on any atom is -0.486 e. The van der Waals surface area contributed by atoms with E-state index in [9.17, 15) is 4.39 Å². The molecule has 0 spiro atoms. The van der Waals surface area contributed by atoms with E-state index in [2.05, 4.69) is 52.2 Å². The van der Waals surface area contributed by atoms with Gasteiger partial charge in [0.15, 0.2) is 11.5 Å². The summed E-state index contributed by atoms with van der Waals surface area (Å²) in [7, 11) is 0. The van der Waals surface area contributed by atoms with Crippen molar-refractivity contribution in [2.24, 2.45) is 5.92 Å². The van der Waals surface area contributed by atoms with Crippen molar-refractivity contribution in [3.8, 4) is 11.5 Å². The third kappa shape index (κ3) is 3.45. The molecule has 2 unspecified atom stereocenters. The van der Waals surface area contributed by atoms with E-state index in [1.54, 1.807) is 6.07 Å². The lowest BCUT2D eigenvalue weighted by Crippen LogP contribution is -2.53. The molecule has 1 aromatic heterocycles. The quantitative estimate of drug-likeness (QED) is 0.681. The third-order valence-corrected chi connectivity index (χ3v) is 6.49. The van der Waals surface area contributed by atoms with Crippen molar-refractivity contribution in [1.29, 1.82) is 0 Å². The Hall–Kier alpha value is -2.99. The number of hydrogen-bond acceptors (Lipinski definition) is 4. The molecular formula is C25H26FN3O2. The number of nitrogens with one attached hydrogen (secondary N) is 1. The summed E-state index contributed by atoms with van der Waals surface area (Å²) in [5.74, 6) is 2.06. The maximum atomic E-state index is 13.6. The summed E-state index contributed by atoms with van der Waals surface area (Å²) in [6.45, 7) is 6.51. The normalized spacial score (nSPS) is 22.8. The summed E-state index contributed by atoms with van der Waals surface area (Å²) in [5, 5.41) is 4.56. The number of nitrogens with zero attached hydrogens (tertiary/aromatic N) is 2. The molecule has 0 radical (unpaired) electrons. The van der Waals surface area contributed by atoms with Crippen LogP contribution in [0.15, 0.2) is 48.7 Å². The van der Waals surface area contributed by atoms with E-state index in [0.717, 1.165) is 59.8 Å². The number of ether oxygens (including phenoxy) is 2. The number of aromatic nitrogens is 1. The van der Waals surface area contributed by atoms with Gasteiger partial charge in [0.2, 0.25) is 0 Å². The average molecular weight is 420 g/mol. The number of anilines is 1. The van der Waals surface area contributed by atoms with Crippen LogP contribution in [0.1, 0.15) is 12.5 Å². The number of fused-ring (bicyclic) bond motifs is 4. The Balaban J connectivity index is 1.08. The molecule has 3 aliphatic heterocycles. The second-order valence-corrected chi connectivity index (χ2v) is 8.95. The predicted molar refractivity (Wildman–Crippen MR) is 120 cm³/mol. The molecule has 6 rings (SSSR count). The Morgan fingerprint density at radius 2 is 2.03 bits per heavy atom. The molecule has 0 aliphatic carbocycles. The van der Waals surface area contributed by atoms with Crippen molar-refractivity contribution in [1.82, 2.24) is 9.47 Å². The molecule has 2 atom stereocenters. The minimum atomic E-state index is -0.181. The van der Waals surface area contributed by atoms with E-state index in [1.807, 2.05) is 12.1 Å². The highest BCUT2D eigenvalue weighted by atomic mass is 19.1. The summed E-state index contributed by atoms with van der Waals surface area (Å²) < 4.78 is 28.2. The highest BCUT2D eigenvalue weighted by Crippen LogP contribution is 2.42. The van der Waals surface area contributed by atoms with Crippen LogP contribution in [0.3, 0.4) is 0 Å². The van der Waals surface area contributed by atoms with Crippen LogP contribution >= 0.6 is 0 Å². The van der Waals surface area contributed by atoms with Crippen molar-refractivity contribution in [3.63, 3.8) is 0 Å². The van der Waals surface area contributed by atoms with E-state index >= 15 is 0 Å². The number of hydrogen-bond donors (Lipinski definition) is 1. The molecule has 2 aromatic carbocycles. The molecule has 160 valence electrons. The van der Waals surface area contributed by atoms with Crippen LogP contribution in [0.2, 0.25) is 0 Å². The first kappa shape index (κ1) is 18.8. The van der Waals surface area contributed by atoms with Gasteiger partial charge in [-0.3, -0.25) is 4.90 Å². The van der Waals surface area contributed by atoms with Crippen molar-refractivity contribution in [3.05, 3.63) is 60.1 Å². The molecule has 6 heteroatoms. The number of benzene rings is 2. The molecule has 1 saturated heterocycles. The van der Waals surface area contributed by atoms with E-state index in [-0.39, 0.29) is 11.9 Å². The molecule has 0 bridgehead atoms. The van der Waals surface area contributed by atoms with Crippen LogP contribution in [-0.4, -0.2) is 47.9 Å². The largest absolute Gasteiger partial charge is 0.486 e. The van der Waals surface area contributed by atoms with Crippen molar-refractivity contribution in [2.75, 3.05) is 31.6 Å². The lowest BCUT2D eigenvalue weighted by atomic mass is 9.99. The van der Waals surface area contributed by atoms with Gasteiger partial charge < -0.3 is 19.4 Å². The monoisotopic (exact) mass is 419 g/mol. The maximum absolute atomic E-state index is 13.6. The molecule has 1 fully saturated rings. The van der Waals surface area contributed by atoms with Gasteiger partial charge in [-0.05, 0) is 48.7 Å². The first-order chi connectivity index (χ1) is 15.1. The minimum absolute atomic E-state index is 0.0224. The fourth-order valence-electron chi connectivity index (χ4n) is 4.94. The molecule has 3 aliphatic rings. The Morgan fingerprint density at radius 3 is 2.94 bits per heavy atom. The van der Waals surface area contributed by atoms with Gasteiger partial charge in [0.05, 0.1) is 5.52 Å². The predicted octanol–water partition coefficient (Wildman–Crippen LogP) is 4.38. The van der Waals surface area contributed by atoms with Gasteiger partial charge in [-0.25, -0.2) is 4.39 Å². The van der Waals surface area contributed by atoms with Gasteiger partial charge in [-0.2, -0.15) is 0 Å². The number of rotatable bonds is 4. The van der Waals surface area contributed by atoms with E-state index in [4.69, 9.17) is 9.47 Å². The van der Waals surface area contributed by atoms with Crippen LogP contribution in [-0.2, 0) is 6.54 Å². The highest BCUT2D eigenvalue weighted by molar-refractivity contribution is 5.80. The van der Waals surface area contributed by atoms with Crippen LogP contribution in [0.4, 0.5) is 10.1 Å². The molecule has 4 heterocycles. The summed E-state index contributed by atoms with van der Waals surface area (Å²) in [6.07, 6.45) is 6.36. The first-order valence-electron chi connectivity index (χ1n) is 11.0. The van der Waals surface area contributed by atoms with Crippen LogP contribution < -0.4 is 14.8 Å². The second kappa shape index (κ2) is 7.31. The van der Waals surface area contributed by atoms with E-state index < -0.39 is 0 Å². The summed E-state index contributed by atoms with van der Waals surface area (Å²) in [4.78, 5) is 2.42. The summed E-state index contributed by atoms with van der Waals surface area (Å²) >= 11 is 0. The SMILES string of the molecule is CC1C=Cc2c(ccc3c2OC(CN2CC(Cn4ccc5ccc(F)cc54)C2)CO3)N1. The molecule has 3 aromatic rings. The molecular weight excluding hydrogens is 393 g/mol. The smallest absolute Gasteiger partial charge is 0.171 e. The lowest BCUT2D eigenvalue weighted by molar-refractivity contribution is 0.0125. The highest BCUT2D eigenvalue weighted by Gasteiger charge is 2.32. The van der Waals surface area contributed by atoms with Gasteiger partial charge in [0, 0.05) is 55.6 Å². The van der Waals surface area contributed by atoms with Crippen molar-refractivity contribution in [2.45, 2.75) is 25.6 Å². The summed E-state index contributed by atoms with van der Waals surface area (Å²) in [5.41, 5.74) is 3.14. The topological polar surface area (TPSA) is 38.7 Å². The zero-order chi connectivity index (χ0) is 20.9. The standard InChI is InChI=1S/C25H26FN3O2/c1-16-2-5-21-22(27-16)6-7-24-25(21)31-20(15-30-24)14-28-11-17(12-28)13-29-9-8-18-3-4-19(26)10-23(18)29/h2-10,16-17,20,27H,11-15H2,1H3. The first-order valence-corrected chi connectivity index (χ1v) is 11.0. The Labute approximate surface area is 181 Å². The average Bonchev–Trinajstić information content (AvgIpc) is 3.13. The lowest BCUT2D eigenvalue weighted by Gasteiger charge is -2.42. The molecule has 0 saturated carbocycles. The van der Waals surface area contributed by atoms with E-state index in [1.165, 1.54) is 6.07 Å². The van der Waals surface area contributed by atoms with E-state index in [0.29, 0.717) is 18.6 Å².